The van der Waals surface area contributed by atoms with Crippen molar-refractivity contribution >= 4 is 40.3 Å². The molecule has 0 aliphatic carbocycles. The Morgan fingerprint density at radius 2 is 1.62 bits per heavy atom. The van der Waals surface area contributed by atoms with Gasteiger partial charge in [-0.1, -0.05) is 11.8 Å². The number of anilines is 1. The van der Waals surface area contributed by atoms with Crippen LogP contribution in [0, 0.1) is 11.6 Å². The normalized spacial score (nSPS) is 10.8. The Balaban J connectivity index is 1.34. The summed E-state index contributed by atoms with van der Waals surface area (Å²) in [7, 11) is 0. The standard InChI is InChI=1S/C21H16F2N6O2S/c22-13-1-5-15(6-2-13)28-18(30)10-24-19(31)11-32-21-17-9-27-29(20(17)25-12-26-21)16-7-3-14(23)4-8-16/h1-9,12H,10-11H2,(H,24,31)(H,28,30). The van der Waals surface area contributed by atoms with Crippen molar-refractivity contribution < 1.29 is 18.4 Å². The van der Waals surface area contributed by atoms with Gasteiger partial charge in [0.25, 0.3) is 0 Å². The van der Waals surface area contributed by atoms with Crippen LogP contribution in [-0.2, 0) is 9.59 Å². The lowest BCUT2D eigenvalue weighted by Gasteiger charge is -2.07. The molecule has 0 aliphatic rings. The maximum Gasteiger partial charge on any atom is 0.243 e. The van der Waals surface area contributed by atoms with E-state index in [0.717, 1.165) is 0 Å². The molecule has 4 rings (SSSR count). The summed E-state index contributed by atoms with van der Waals surface area (Å²) >= 11 is 1.18. The predicted molar refractivity (Wildman–Crippen MR) is 115 cm³/mol. The van der Waals surface area contributed by atoms with Gasteiger partial charge in [-0.3, -0.25) is 9.59 Å². The van der Waals surface area contributed by atoms with Crippen molar-refractivity contribution in [3.8, 4) is 5.69 Å². The van der Waals surface area contributed by atoms with E-state index < -0.39 is 11.7 Å². The van der Waals surface area contributed by atoms with Crippen molar-refractivity contribution in [3.05, 3.63) is 72.7 Å². The van der Waals surface area contributed by atoms with E-state index in [0.29, 0.717) is 27.4 Å². The number of nitrogens with zero attached hydrogens (tertiary/aromatic N) is 4. The van der Waals surface area contributed by atoms with Crippen LogP contribution in [0.5, 0.6) is 0 Å². The minimum atomic E-state index is -0.431. The summed E-state index contributed by atoms with van der Waals surface area (Å²) in [5.41, 5.74) is 1.59. The molecule has 4 aromatic rings. The molecule has 0 fully saturated rings. The van der Waals surface area contributed by atoms with Crippen molar-refractivity contribution in [1.29, 1.82) is 0 Å². The Kier molecular flexibility index (Phi) is 6.36. The number of benzene rings is 2. The number of carbonyl (C=O) groups excluding carboxylic acids is 2. The average Bonchev–Trinajstić information content (AvgIpc) is 3.23. The number of nitrogens with one attached hydrogen (secondary N) is 2. The topological polar surface area (TPSA) is 102 Å². The van der Waals surface area contributed by atoms with E-state index in [2.05, 4.69) is 25.7 Å². The Bertz CT molecular complexity index is 1260. The molecule has 2 amide bonds. The van der Waals surface area contributed by atoms with Crippen LogP contribution in [0.15, 0.2) is 66.1 Å². The summed E-state index contributed by atoms with van der Waals surface area (Å²) in [5.74, 6) is -1.52. The zero-order valence-electron chi connectivity index (χ0n) is 16.5. The molecule has 2 N–H and O–H groups in total. The van der Waals surface area contributed by atoms with Gasteiger partial charge >= 0.3 is 0 Å². The first-order valence-electron chi connectivity index (χ1n) is 9.39. The quantitative estimate of drug-likeness (QED) is 0.329. The highest BCUT2D eigenvalue weighted by Gasteiger charge is 2.14. The van der Waals surface area contributed by atoms with Crippen LogP contribution in [-0.4, -0.2) is 43.9 Å². The lowest BCUT2D eigenvalue weighted by molar-refractivity contribution is -0.122. The zero-order valence-corrected chi connectivity index (χ0v) is 17.3. The highest BCUT2D eigenvalue weighted by Crippen LogP contribution is 2.25. The third-order valence-electron chi connectivity index (χ3n) is 4.31. The van der Waals surface area contributed by atoms with Crippen molar-refractivity contribution in [2.24, 2.45) is 0 Å². The molecule has 0 atom stereocenters. The average molecular weight is 454 g/mol. The number of hydrogen-bond acceptors (Lipinski definition) is 6. The number of rotatable bonds is 7. The number of fused-ring (bicyclic) bond motifs is 1. The first kappa shape index (κ1) is 21.4. The molecule has 0 bridgehead atoms. The molecule has 8 nitrogen and oxygen atoms in total. The monoisotopic (exact) mass is 454 g/mol. The number of aromatic nitrogens is 4. The molecule has 32 heavy (non-hydrogen) atoms. The third kappa shape index (κ3) is 5.06. The molecule has 2 aromatic heterocycles. The molecule has 2 heterocycles. The molecule has 0 saturated carbocycles. The molecule has 11 heteroatoms. The molecule has 2 aromatic carbocycles. The Morgan fingerprint density at radius 3 is 2.34 bits per heavy atom. The molecule has 0 aliphatic heterocycles. The smallest absolute Gasteiger partial charge is 0.243 e. The fourth-order valence-corrected chi connectivity index (χ4v) is 3.60. The van der Waals surface area contributed by atoms with Gasteiger partial charge in [-0.25, -0.2) is 23.4 Å². The molecule has 0 spiro atoms. The van der Waals surface area contributed by atoms with E-state index in [-0.39, 0.29) is 24.0 Å². The minimum Gasteiger partial charge on any atom is -0.346 e. The molecular weight excluding hydrogens is 438 g/mol. The first-order valence-corrected chi connectivity index (χ1v) is 10.4. The fraction of sp³-hybridized carbons (Fsp3) is 0.0952. The molecule has 0 unspecified atom stereocenters. The predicted octanol–water partition coefficient (Wildman–Crippen LogP) is 2.94. The van der Waals surface area contributed by atoms with Crippen LogP contribution < -0.4 is 10.6 Å². The van der Waals surface area contributed by atoms with E-state index >= 15 is 0 Å². The van der Waals surface area contributed by atoms with Gasteiger partial charge in [0.2, 0.25) is 11.8 Å². The molecular formula is C21H16F2N6O2S. The van der Waals surface area contributed by atoms with Crippen molar-refractivity contribution in [1.82, 2.24) is 25.1 Å². The molecule has 0 radical (unpaired) electrons. The molecule has 0 saturated heterocycles. The van der Waals surface area contributed by atoms with Gasteiger partial charge in [-0.05, 0) is 48.5 Å². The van der Waals surface area contributed by atoms with E-state index in [1.807, 2.05) is 0 Å². The SMILES string of the molecule is O=C(CSc1ncnc2c1cnn2-c1ccc(F)cc1)NCC(=O)Nc1ccc(F)cc1. The minimum absolute atomic E-state index is 0.0255. The van der Waals surface area contributed by atoms with Crippen molar-refractivity contribution in [3.63, 3.8) is 0 Å². The van der Waals surface area contributed by atoms with E-state index in [9.17, 15) is 18.4 Å². The van der Waals surface area contributed by atoms with Gasteiger partial charge in [-0.15, -0.1) is 0 Å². The second kappa shape index (κ2) is 9.52. The zero-order chi connectivity index (χ0) is 22.5. The van der Waals surface area contributed by atoms with Crippen molar-refractivity contribution in [2.45, 2.75) is 5.03 Å². The van der Waals surface area contributed by atoms with Crippen LogP contribution in [0.1, 0.15) is 0 Å². The second-order valence-electron chi connectivity index (χ2n) is 6.57. The van der Waals surface area contributed by atoms with Crippen LogP contribution in [0.2, 0.25) is 0 Å². The Morgan fingerprint density at radius 1 is 0.938 bits per heavy atom. The fourth-order valence-electron chi connectivity index (χ4n) is 2.81. The van der Waals surface area contributed by atoms with E-state index in [1.54, 1.807) is 23.0 Å². The second-order valence-corrected chi connectivity index (χ2v) is 7.53. The van der Waals surface area contributed by atoms with Crippen molar-refractivity contribution in [2.75, 3.05) is 17.6 Å². The van der Waals surface area contributed by atoms with Gasteiger partial charge in [-0.2, -0.15) is 5.10 Å². The summed E-state index contributed by atoms with van der Waals surface area (Å²) in [4.78, 5) is 32.5. The molecule has 162 valence electrons. The highest BCUT2D eigenvalue weighted by molar-refractivity contribution is 8.00. The van der Waals surface area contributed by atoms with Crippen LogP contribution in [0.4, 0.5) is 14.5 Å². The van der Waals surface area contributed by atoms with Gasteiger partial charge in [0, 0.05) is 5.69 Å². The summed E-state index contributed by atoms with van der Waals surface area (Å²) in [6, 6.07) is 11.1. The van der Waals surface area contributed by atoms with Gasteiger partial charge in [0.05, 0.1) is 29.6 Å². The highest BCUT2D eigenvalue weighted by atomic mass is 32.2. The van der Waals surface area contributed by atoms with Gasteiger partial charge in [0.15, 0.2) is 5.65 Å². The van der Waals surface area contributed by atoms with Crippen LogP contribution in [0.3, 0.4) is 0 Å². The number of carbonyl (C=O) groups is 2. The van der Waals surface area contributed by atoms with E-state index in [1.165, 1.54) is 54.5 Å². The Hall–Kier alpha value is -3.86. The summed E-state index contributed by atoms with van der Waals surface area (Å²) in [5, 5.41) is 10.6. The summed E-state index contributed by atoms with van der Waals surface area (Å²) in [6.45, 7) is -0.224. The Labute approximate surface area is 185 Å². The number of thioether (sulfide) groups is 1. The van der Waals surface area contributed by atoms with Crippen LogP contribution in [0.25, 0.3) is 16.7 Å². The largest absolute Gasteiger partial charge is 0.346 e. The number of amides is 2. The number of halogens is 2. The lowest BCUT2D eigenvalue weighted by atomic mass is 10.3. The first-order chi connectivity index (χ1) is 15.5. The van der Waals surface area contributed by atoms with Gasteiger partial charge in [0.1, 0.15) is 23.0 Å². The van der Waals surface area contributed by atoms with Crippen LogP contribution >= 0.6 is 11.8 Å². The maximum absolute atomic E-state index is 13.2. The lowest BCUT2D eigenvalue weighted by Crippen LogP contribution is -2.33. The third-order valence-corrected chi connectivity index (χ3v) is 5.32. The maximum atomic E-state index is 13.2. The number of hydrogen-bond donors (Lipinski definition) is 2. The summed E-state index contributed by atoms with van der Waals surface area (Å²) < 4.78 is 27.6. The van der Waals surface area contributed by atoms with Gasteiger partial charge < -0.3 is 10.6 Å². The summed E-state index contributed by atoms with van der Waals surface area (Å²) in [6.07, 6.45) is 2.94. The van der Waals surface area contributed by atoms with E-state index in [4.69, 9.17) is 0 Å².